The Labute approximate surface area is 158 Å². The number of nitro groups is 1. The van der Waals surface area contributed by atoms with Gasteiger partial charge in [-0.2, -0.15) is 13.5 Å². The van der Waals surface area contributed by atoms with Crippen LogP contribution in [0.3, 0.4) is 0 Å². The quantitative estimate of drug-likeness (QED) is 0.446. The molecule has 2 aromatic rings. The van der Waals surface area contributed by atoms with Gasteiger partial charge in [-0.15, -0.1) is 0 Å². The van der Waals surface area contributed by atoms with Gasteiger partial charge in [0.05, 0.1) is 9.82 Å². The van der Waals surface area contributed by atoms with Gasteiger partial charge < -0.3 is 4.90 Å². The summed E-state index contributed by atoms with van der Waals surface area (Å²) in [6.45, 7) is 1.54. The Balaban J connectivity index is 2.04. The van der Waals surface area contributed by atoms with Gasteiger partial charge in [-0.25, -0.2) is 4.83 Å². The first-order valence-electron chi connectivity index (χ1n) is 7.94. The number of hydrogen-bond donors (Lipinski definition) is 1. The fourth-order valence-electron chi connectivity index (χ4n) is 2.19. The van der Waals surface area contributed by atoms with Gasteiger partial charge in [0.25, 0.3) is 15.7 Å². The zero-order valence-electron chi connectivity index (χ0n) is 15.2. The number of benzene rings is 2. The number of allylic oxidation sites excluding steroid dienone is 1. The second kappa shape index (κ2) is 8.45. The van der Waals surface area contributed by atoms with Gasteiger partial charge in [0.2, 0.25) is 0 Å². The number of hydrogen-bond acceptors (Lipinski definition) is 6. The van der Waals surface area contributed by atoms with Crippen LogP contribution in [0.4, 0.5) is 11.4 Å². The average molecular weight is 388 g/mol. The standard InChI is InChI=1S/C18H20N4O4S/c1-14-6-11-17(13-18(14)22(23)24)27(25,26)20-19-12-4-5-15-7-9-16(10-8-15)21(2)3/h4-13,20H,1-3H3. The molecule has 9 heteroatoms. The number of aryl methyl sites for hydroxylation is 1. The van der Waals surface area contributed by atoms with E-state index in [0.29, 0.717) is 5.56 Å². The maximum absolute atomic E-state index is 12.2. The van der Waals surface area contributed by atoms with Crippen LogP contribution in [-0.2, 0) is 10.0 Å². The van der Waals surface area contributed by atoms with Crippen molar-refractivity contribution in [3.05, 3.63) is 69.8 Å². The molecule has 0 amide bonds. The molecule has 0 aromatic heterocycles. The van der Waals surface area contributed by atoms with E-state index in [1.807, 2.05) is 48.1 Å². The molecular formula is C18H20N4O4S. The van der Waals surface area contributed by atoms with Crippen molar-refractivity contribution in [2.45, 2.75) is 11.8 Å². The van der Waals surface area contributed by atoms with Gasteiger partial charge in [0.1, 0.15) is 0 Å². The van der Waals surface area contributed by atoms with Crippen LogP contribution in [0.2, 0.25) is 0 Å². The highest BCUT2D eigenvalue weighted by Crippen LogP contribution is 2.22. The van der Waals surface area contributed by atoms with Gasteiger partial charge in [0, 0.05) is 37.6 Å². The van der Waals surface area contributed by atoms with Crippen molar-refractivity contribution < 1.29 is 13.3 Å². The summed E-state index contributed by atoms with van der Waals surface area (Å²) >= 11 is 0. The Kier molecular flexibility index (Phi) is 6.30. The third kappa shape index (κ3) is 5.38. The number of nitro benzene ring substituents is 1. The lowest BCUT2D eigenvalue weighted by molar-refractivity contribution is -0.385. The maximum atomic E-state index is 12.2. The van der Waals surface area contributed by atoms with Crippen molar-refractivity contribution in [3.8, 4) is 0 Å². The van der Waals surface area contributed by atoms with Crippen molar-refractivity contribution >= 4 is 33.7 Å². The van der Waals surface area contributed by atoms with Crippen molar-refractivity contribution in [1.29, 1.82) is 0 Å². The minimum absolute atomic E-state index is 0.222. The lowest BCUT2D eigenvalue weighted by Gasteiger charge is -2.11. The van der Waals surface area contributed by atoms with E-state index in [-0.39, 0.29) is 10.6 Å². The molecule has 0 aliphatic carbocycles. The lowest BCUT2D eigenvalue weighted by atomic mass is 10.2. The van der Waals surface area contributed by atoms with Crippen molar-refractivity contribution in [3.63, 3.8) is 0 Å². The van der Waals surface area contributed by atoms with E-state index in [1.54, 1.807) is 12.2 Å². The van der Waals surface area contributed by atoms with Crippen LogP contribution >= 0.6 is 0 Å². The highest BCUT2D eigenvalue weighted by atomic mass is 32.2. The molecule has 0 saturated heterocycles. The number of anilines is 1. The predicted molar refractivity (Wildman–Crippen MR) is 106 cm³/mol. The van der Waals surface area contributed by atoms with E-state index in [0.717, 1.165) is 17.3 Å². The molecule has 0 radical (unpaired) electrons. The zero-order valence-corrected chi connectivity index (χ0v) is 16.0. The number of nitrogens with zero attached hydrogens (tertiary/aromatic N) is 3. The van der Waals surface area contributed by atoms with E-state index in [1.165, 1.54) is 25.3 Å². The molecule has 8 nitrogen and oxygen atoms in total. The van der Waals surface area contributed by atoms with Crippen LogP contribution in [0.1, 0.15) is 11.1 Å². The molecule has 0 saturated carbocycles. The molecule has 0 bridgehead atoms. The first kappa shape index (κ1) is 20.1. The largest absolute Gasteiger partial charge is 0.378 e. The molecule has 2 aromatic carbocycles. The van der Waals surface area contributed by atoms with E-state index in [4.69, 9.17) is 0 Å². The summed E-state index contributed by atoms with van der Waals surface area (Å²) in [4.78, 5) is 14.1. The van der Waals surface area contributed by atoms with Crippen LogP contribution < -0.4 is 9.73 Å². The smallest absolute Gasteiger partial charge is 0.276 e. The molecule has 2 rings (SSSR count). The summed E-state index contributed by atoms with van der Waals surface area (Å²) in [6, 6.07) is 11.5. The SMILES string of the molecule is Cc1ccc(S(=O)(=O)NN=CC=Cc2ccc(N(C)C)cc2)cc1[N+](=O)[O-]. The summed E-state index contributed by atoms with van der Waals surface area (Å²) in [6.07, 6.45) is 4.65. The Morgan fingerprint density at radius 3 is 2.41 bits per heavy atom. The molecule has 0 unspecified atom stereocenters. The number of sulfonamides is 1. The molecule has 0 atom stereocenters. The van der Waals surface area contributed by atoms with Crippen LogP contribution in [0.15, 0.2) is 58.5 Å². The van der Waals surface area contributed by atoms with Crippen molar-refractivity contribution in [1.82, 2.24) is 4.83 Å². The normalized spacial score (nSPS) is 11.8. The number of nitrogens with one attached hydrogen (secondary N) is 1. The van der Waals surface area contributed by atoms with Gasteiger partial charge in [-0.3, -0.25) is 10.1 Å². The Hall–Kier alpha value is -3.20. The van der Waals surface area contributed by atoms with Crippen molar-refractivity contribution in [2.75, 3.05) is 19.0 Å². The zero-order chi connectivity index (χ0) is 20.0. The highest BCUT2D eigenvalue weighted by molar-refractivity contribution is 7.89. The number of hydrazone groups is 1. The Morgan fingerprint density at radius 2 is 1.81 bits per heavy atom. The van der Waals surface area contributed by atoms with Crippen LogP contribution in [0, 0.1) is 17.0 Å². The summed E-state index contributed by atoms with van der Waals surface area (Å²) < 4.78 is 24.4. The highest BCUT2D eigenvalue weighted by Gasteiger charge is 2.19. The maximum Gasteiger partial charge on any atom is 0.276 e. The predicted octanol–water partition coefficient (Wildman–Crippen LogP) is 2.95. The van der Waals surface area contributed by atoms with Crippen LogP contribution in [0.5, 0.6) is 0 Å². The monoisotopic (exact) mass is 388 g/mol. The average Bonchev–Trinajstić information content (AvgIpc) is 2.61. The first-order valence-corrected chi connectivity index (χ1v) is 9.43. The first-order chi connectivity index (χ1) is 12.7. The van der Waals surface area contributed by atoms with Crippen molar-refractivity contribution in [2.24, 2.45) is 5.10 Å². The van der Waals surface area contributed by atoms with E-state index < -0.39 is 14.9 Å². The minimum atomic E-state index is -3.99. The fourth-order valence-corrected chi connectivity index (χ4v) is 3.01. The second-order valence-corrected chi connectivity index (χ2v) is 7.58. The molecule has 0 aliphatic rings. The van der Waals surface area contributed by atoms with Gasteiger partial charge in [0.15, 0.2) is 0 Å². The third-order valence-electron chi connectivity index (χ3n) is 3.72. The van der Waals surface area contributed by atoms with Crippen LogP contribution in [-0.4, -0.2) is 33.7 Å². The van der Waals surface area contributed by atoms with Crippen LogP contribution in [0.25, 0.3) is 6.08 Å². The lowest BCUT2D eigenvalue weighted by Crippen LogP contribution is -2.18. The molecule has 0 heterocycles. The summed E-state index contributed by atoms with van der Waals surface area (Å²) in [5, 5.41) is 14.6. The topological polar surface area (TPSA) is 105 Å². The molecule has 142 valence electrons. The number of rotatable bonds is 7. The molecule has 27 heavy (non-hydrogen) atoms. The molecule has 0 fully saturated rings. The molecule has 1 N–H and O–H groups in total. The minimum Gasteiger partial charge on any atom is -0.378 e. The fraction of sp³-hybridized carbons (Fsp3) is 0.167. The summed E-state index contributed by atoms with van der Waals surface area (Å²) in [7, 11) is -0.0837. The van der Waals surface area contributed by atoms with E-state index in [9.17, 15) is 18.5 Å². The third-order valence-corrected chi connectivity index (χ3v) is 4.94. The van der Waals surface area contributed by atoms with E-state index >= 15 is 0 Å². The van der Waals surface area contributed by atoms with E-state index in [2.05, 4.69) is 5.10 Å². The van der Waals surface area contributed by atoms with Gasteiger partial charge >= 0.3 is 0 Å². The molecule has 0 aliphatic heterocycles. The van der Waals surface area contributed by atoms with Gasteiger partial charge in [-0.05, 0) is 36.8 Å². The Bertz CT molecular complexity index is 981. The van der Waals surface area contributed by atoms with Gasteiger partial charge in [-0.1, -0.05) is 24.3 Å². The second-order valence-electron chi connectivity index (χ2n) is 5.92. The molecule has 0 spiro atoms. The summed E-state index contributed by atoms with van der Waals surface area (Å²) in [5.74, 6) is 0. The summed E-state index contributed by atoms with van der Waals surface area (Å²) in [5.41, 5.74) is 2.12. The molecular weight excluding hydrogens is 368 g/mol. The Morgan fingerprint density at radius 1 is 1.15 bits per heavy atom.